The van der Waals surface area contributed by atoms with Crippen molar-refractivity contribution in [2.45, 2.75) is 13.5 Å². The minimum Gasteiger partial charge on any atom is -0.497 e. The molecular formula is C22H30N4O3. The molecule has 0 saturated carbocycles. The van der Waals surface area contributed by atoms with Crippen LogP contribution in [0.25, 0.3) is 0 Å². The number of amides is 1. The van der Waals surface area contributed by atoms with Gasteiger partial charge in [0.2, 0.25) is 0 Å². The Morgan fingerprint density at radius 1 is 1.07 bits per heavy atom. The van der Waals surface area contributed by atoms with Gasteiger partial charge in [-0.3, -0.25) is 9.79 Å². The minimum atomic E-state index is -0.136. The van der Waals surface area contributed by atoms with Crippen molar-refractivity contribution in [3.63, 3.8) is 0 Å². The van der Waals surface area contributed by atoms with Gasteiger partial charge in [0.15, 0.2) is 5.96 Å². The number of aliphatic imine (C=N–C) groups is 1. The summed E-state index contributed by atoms with van der Waals surface area (Å²) >= 11 is 0. The van der Waals surface area contributed by atoms with E-state index in [4.69, 9.17) is 9.47 Å². The number of benzene rings is 2. The molecule has 0 aliphatic carbocycles. The Morgan fingerprint density at radius 3 is 2.45 bits per heavy atom. The average Bonchev–Trinajstić information content (AvgIpc) is 2.75. The smallest absolute Gasteiger partial charge is 0.251 e. The number of methoxy groups -OCH3 is 1. The first-order valence-corrected chi connectivity index (χ1v) is 9.63. The van der Waals surface area contributed by atoms with Gasteiger partial charge in [-0.25, -0.2) is 0 Å². The van der Waals surface area contributed by atoms with E-state index in [0.29, 0.717) is 37.6 Å². The number of rotatable bonds is 9. The van der Waals surface area contributed by atoms with Gasteiger partial charge >= 0.3 is 0 Å². The van der Waals surface area contributed by atoms with Crippen molar-refractivity contribution in [2.24, 2.45) is 4.99 Å². The largest absolute Gasteiger partial charge is 0.497 e. The van der Waals surface area contributed by atoms with Crippen LogP contribution in [0.3, 0.4) is 0 Å². The molecule has 0 bridgehead atoms. The maximum absolute atomic E-state index is 12.2. The van der Waals surface area contributed by atoms with Crippen LogP contribution in [-0.4, -0.2) is 57.7 Å². The van der Waals surface area contributed by atoms with E-state index in [1.54, 1.807) is 32.4 Å². The first-order valence-electron chi connectivity index (χ1n) is 9.63. The first-order chi connectivity index (χ1) is 14.1. The standard InChI is InChI=1S/C22H30N4O3/c1-5-29-19-11-9-17(10-12-19)16-26(3)22(23-2)25-14-13-24-21(27)18-7-6-8-20(15-18)28-4/h6-12,15H,5,13-14,16H2,1-4H3,(H,23,25)(H,24,27). The highest BCUT2D eigenvalue weighted by Gasteiger charge is 2.08. The third-order valence-corrected chi connectivity index (χ3v) is 4.25. The summed E-state index contributed by atoms with van der Waals surface area (Å²) in [4.78, 5) is 18.6. The van der Waals surface area contributed by atoms with Crippen LogP contribution in [0.5, 0.6) is 11.5 Å². The zero-order valence-electron chi connectivity index (χ0n) is 17.6. The van der Waals surface area contributed by atoms with Gasteiger partial charge in [-0.05, 0) is 42.8 Å². The monoisotopic (exact) mass is 398 g/mol. The molecule has 0 aliphatic heterocycles. The Morgan fingerprint density at radius 2 is 1.79 bits per heavy atom. The lowest BCUT2D eigenvalue weighted by molar-refractivity contribution is 0.0954. The molecule has 0 saturated heterocycles. The van der Waals surface area contributed by atoms with Crippen molar-refractivity contribution in [2.75, 3.05) is 40.9 Å². The zero-order valence-corrected chi connectivity index (χ0v) is 17.6. The lowest BCUT2D eigenvalue weighted by atomic mass is 10.2. The molecule has 0 unspecified atom stereocenters. The van der Waals surface area contributed by atoms with Gasteiger partial charge in [0.05, 0.1) is 13.7 Å². The molecule has 0 fully saturated rings. The molecule has 0 aliphatic rings. The lowest BCUT2D eigenvalue weighted by Crippen LogP contribution is -2.42. The van der Waals surface area contributed by atoms with E-state index >= 15 is 0 Å². The highest BCUT2D eigenvalue weighted by Crippen LogP contribution is 2.13. The molecule has 2 aromatic rings. The van der Waals surface area contributed by atoms with Crippen LogP contribution in [0, 0.1) is 0 Å². The number of carbonyl (C=O) groups excluding carboxylic acids is 1. The first kappa shape index (κ1) is 22.1. The summed E-state index contributed by atoms with van der Waals surface area (Å²) in [5, 5.41) is 6.15. The Kier molecular flexibility index (Phi) is 8.82. The molecule has 29 heavy (non-hydrogen) atoms. The molecule has 0 heterocycles. The Balaban J connectivity index is 1.78. The van der Waals surface area contributed by atoms with E-state index in [1.807, 2.05) is 49.2 Å². The number of hydrogen-bond acceptors (Lipinski definition) is 4. The van der Waals surface area contributed by atoms with Crippen molar-refractivity contribution < 1.29 is 14.3 Å². The van der Waals surface area contributed by atoms with Crippen molar-refractivity contribution in [1.82, 2.24) is 15.5 Å². The average molecular weight is 399 g/mol. The molecule has 0 radical (unpaired) electrons. The van der Waals surface area contributed by atoms with Crippen LogP contribution in [-0.2, 0) is 6.54 Å². The van der Waals surface area contributed by atoms with E-state index in [2.05, 4.69) is 15.6 Å². The van der Waals surface area contributed by atoms with E-state index in [0.717, 1.165) is 17.3 Å². The fourth-order valence-electron chi connectivity index (χ4n) is 2.81. The molecule has 7 heteroatoms. The van der Waals surface area contributed by atoms with Gasteiger partial charge in [-0.15, -0.1) is 0 Å². The highest BCUT2D eigenvalue weighted by atomic mass is 16.5. The quantitative estimate of drug-likeness (QED) is 0.386. The normalized spacial score (nSPS) is 11.0. The van der Waals surface area contributed by atoms with Gasteiger partial charge in [0.25, 0.3) is 5.91 Å². The Labute approximate surface area is 172 Å². The fraction of sp³-hybridized carbons (Fsp3) is 0.364. The summed E-state index contributed by atoms with van der Waals surface area (Å²) in [5.74, 6) is 2.15. The molecule has 2 aromatic carbocycles. The summed E-state index contributed by atoms with van der Waals surface area (Å²) < 4.78 is 10.6. The van der Waals surface area contributed by atoms with Gasteiger partial charge < -0.3 is 25.0 Å². The van der Waals surface area contributed by atoms with Crippen LogP contribution in [0.15, 0.2) is 53.5 Å². The number of hydrogen-bond donors (Lipinski definition) is 2. The summed E-state index contributed by atoms with van der Waals surface area (Å²) in [6, 6.07) is 15.1. The van der Waals surface area contributed by atoms with E-state index in [-0.39, 0.29) is 5.91 Å². The maximum Gasteiger partial charge on any atom is 0.251 e. The number of nitrogens with one attached hydrogen (secondary N) is 2. The fourth-order valence-corrected chi connectivity index (χ4v) is 2.81. The van der Waals surface area contributed by atoms with Crippen LogP contribution in [0.1, 0.15) is 22.8 Å². The topological polar surface area (TPSA) is 75.2 Å². The highest BCUT2D eigenvalue weighted by molar-refractivity contribution is 5.94. The van der Waals surface area contributed by atoms with Crippen LogP contribution in [0.2, 0.25) is 0 Å². The minimum absolute atomic E-state index is 0.136. The van der Waals surface area contributed by atoms with Gasteiger partial charge in [0, 0.05) is 39.3 Å². The van der Waals surface area contributed by atoms with Crippen molar-refractivity contribution in [3.05, 3.63) is 59.7 Å². The van der Waals surface area contributed by atoms with E-state index in [9.17, 15) is 4.79 Å². The molecule has 156 valence electrons. The van der Waals surface area contributed by atoms with E-state index in [1.165, 1.54) is 0 Å². The molecule has 7 nitrogen and oxygen atoms in total. The SMILES string of the molecule is CCOc1ccc(CN(C)C(=NC)NCCNC(=O)c2cccc(OC)c2)cc1. The summed E-state index contributed by atoms with van der Waals surface area (Å²) in [7, 11) is 5.29. The number of carbonyl (C=O) groups is 1. The molecular weight excluding hydrogens is 368 g/mol. The molecule has 1 amide bonds. The summed E-state index contributed by atoms with van der Waals surface area (Å²) in [6.45, 7) is 4.38. The number of ether oxygens (including phenoxy) is 2. The second-order valence-electron chi connectivity index (χ2n) is 6.39. The van der Waals surface area contributed by atoms with Crippen LogP contribution < -0.4 is 20.1 Å². The maximum atomic E-state index is 12.2. The van der Waals surface area contributed by atoms with Crippen molar-refractivity contribution in [3.8, 4) is 11.5 Å². The summed E-state index contributed by atoms with van der Waals surface area (Å²) in [5.41, 5.74) is 1.73. The molecule has 0 atom stereocenters. The van der Waals surface area contributed by atoms with Crippen molar-refractivity contribution >= 4 is 11.9 Å². The molecule has 0 aromatic heterocycles. The number of guanidine groups is 1. The third kappa shape index (κ3) is 7.03. The second-order valence-corrected chi connectivity index (χ2v) is 6.39. The van der Waals surface area contributed by atoms with Crippen LogP contribution in [0.4, 0.5) is 0 Å². The zero-order chi connectivity index (χ0) is 21.1. The lowest BCUT2D eigenvalue weighted by Gasteiger charge is -2.22. The third-order valence-electron chi connectivity index (χ3n) is 4.25. The Hall–Kier alpha value is -3.22. The predicted molar refractivity (Wildman–Crippen MR) is 116 cm³/mol. The number of nitrogens with zero attached hydrogens (tertiary/aromatic N) is 2. The van der Waals surface area contributed by atoms with Gasteiger partial charge in [-0.1, -0.05) is 18.2 Å². The summed E-state index contributed by atoms with van der Waals surface area (Å²) in [6.07, 6.45) is 0. The molecule has 2 N–H and O–H groups in total. The van der Waals surface area contributed by atoms with Crippen molar-refractivity contribution in [1.29, 1.82) is 0 Å². The van der Waals surface area contributed by atoms with Gasteiger partial charge in [-0.2, -0.15) is 0 Å². The second kappa shape index (κ2) is 11.6. The van der Waals surface area contributed by atoms with Gasteiger partial charge in [0.1, 0.15) is 11.5 Å². The van der Waals surface area contributed by atoms with E-state index < -0.39 is 0 Å². The molecule has 2 rings (SSSR count). The van der Waals surface area contributed by atoms with Crippen LogP contribution >= 0.6 is 0 Å². The Bertz CT molecular complexity index is 806. The molecule has 0 spiro atoms. The predicted octanol–water partition coefficient (Wildman–Crippen LogP) is 2.53.